The summed E-state index contributed by atoms with van der Waals surface area (Å²) >= 11 is 0. The molecule has 0 N–H and O–H groups in total. The van der Waals surface area contributed by atoms with Gasteiger partial charge in [0.05, 0.1) is 10.6 Å². The first-order chi connectivity index (χ1) is 10.2. The second-order valence-electron chi connectivity index (χ2n) is 4.42. The highest BCUT2D eigenvalue weighted by Gasteiger charge is 2.19. The Kier molecular flexibility index (Phi) is 3.50. The van der Waals surface area contributed by atoms with Crippen molar-refractivity contribution in [3.63, 3.8) is 0 Å². The van der Waals surface area contributed by atoms with E-state index in [9.17, 15) is 8.42 Å². The van der Waals surface area contributed by atoms with Crippen molar-refractivity contribution in [3.05, 3.63) is 73.1 Å². The maximum absolute atomic E-state index is 12.5. The highest BCUT2D eigenvalue weighted by Crippen LogP contribution is 2.22. The van der Waals surface area contributed by atoms with Gasteiger partial charge in [-0.2, -0.15) is 0 Å². The Balaban J connectivity index is 2.09. The number of hydrogen-bond acceptors (Lipinski definition) is 4. The van der Waals surface area contributed by atoms with Gasteiger partial charge >= 0.3 is 0 Å². The minimum atomic E-state index is -3.62. The molecule has 1 heterocycles. The van der Waals surface area contributed by atoms with Crippen LogP contribution in [0, 0.1) is 0 Å². The van der Waals surface area contributed by atoms with Gasteiger partial charge in [-0.1, -0.05) is 48.5 Å². The lowest BCUT2D eigenvalue weighted by Gasteiger charge is -2.05. The Labute approximate surface area is 123 Å². The van der Waals surface area contributed by atoms with Crippen molar-refractivity contribution in [2.24, 2.45) is 0 Å². The van der Waals surface area contributed by atoms with Crippen molar-refractivity contribution in [3.8, 4) is 11.3 Å². The normalized spacial score (nSPS) is 11.2. The van der Waals surface area contributed by atoms with Gasteiger partial charge in [0.25, 0.3) is 0 Å². The van der Waals surface area contributed by atoms with E-state index in [1.165, 1.54) is 12.4 Å². The van der Waals surface area contributed by atoms with E-state index in [1.807, 2.05) is 30.3 Å². The molecule has 1 aromatic heterocycles. The van der Waals surface area contributed by atoms with Crippen molar-refractivity contribution in [1.29, 1.82) is 0 Å². The molecule has 0 aliphatic carbocycles. The van der Waals surface area contributed by atoms with Crippen LogP contribution in [0.5, 0.6) is 0 Å². The molecule has 0 saturated carbocycles. The van der Waals surface area contributed by atoms with Crippen LogP contribution in [-0.2, 0) is 9.84 Å². The van der Waals surface area contributed by atoms with Crippen LogP contribution >= 0.6 is 0 Å². The second-order valence-corrected chi connectivity index (χ2v) is 6.32. The number of benzene rings is 2. The van der Waals surface area contributed by atoms with Crippen molar-refractivity contribution in [1.82, 2.24) is 9.97 Å². The number of rotatable bonds is 3. The zero-order chi connectivity index (χ0) is 14.7. The maximum Gasteiger partial charge on any atom is 0.223 e. The number of sulfone groups is 1. The molecule has 0 amide bonds. The predicted octanol–water partition coefficient (Wildman–Crippen LogP) is 2.98. The fourth-order valence-corrected chi connectivity index (χ4v) is 3.18. The third kappa shape index (κ3) is 2.68. The summed E-state index contributed by atoms with van der Waals surface area (Å²) in [4.78, 5) is 8.28. The summed E-state index contributed by atoms with van der Waals surface area (Å²) in [5.74, 6) is 0. The predicted molar refractivity (Wildman–Crippen MR) is 79.4 cm³/mol. The Morgan fingerprint density at radius 1 is 0.762 bits per heavy atom. The molecule has 21 heavy (non-hydrogen) atoms. The molecule has 0 radical (unpaired) electrons. The monoisotopic (exact) mass is 296 g/mol. The zero-order valence-corrected chi connectivity index (χ0v) is 11.9. The van der Waals surface area contributed by atoms with Crippen LogP contribution in [-0.4, -0.2) is 18.4 Å². The quantitative estimate of drug-likeness (QED) is 0.697. The van der Waals surface area contributed by atoms with Gasteiger partial charge in [-0.15, -0.1) is 0 Å². The summed E-state index contributed by atoms with van der Waals surface area (Å²) in [6.07, 6.45) is 1.28. The average Bonchev–Trinajstić information content (AvgIpc) is 2.57. The molecule has 0 bridgehead atoms. The van der Waals surface area contributed by atoms with Crippen molar-refractivity contribution in [2.75, 3.05) is 0 Å². The highest BCUT2D eigenvalue weighted by atomic mass is 32.2. The Morgan fingerprint density at radius 3 is 2.05 bits per heavy atom. The van der Waals surface area contributed by atoms with Crippen molar-refractivity contribution >= 4 is 9.84 Å². The third-order valence-corrected chi connectivity index (χ3v) is 4.71. The smallest absolute Gasteiger partial charge is 0.223 e. The molecular weight excluding hydrogens is 284 g/mol. The standard InChI is InChI=1S/C16H12N2O2S/c19-21(20,14-9-5-2-6-10-14)16-11-15(17-12-18-16)13-7-3-1-4-8-13/h1-12H. The Bertz CT molecular complexity index is 848. The second kappa shape index (κ2) is 5.46. The fourth-order valence-electron chi connectivity index (χ4n) is 1.97. The zero-order valence-electron chi connectivity index (χ0n) is 11.0. The van der Waals surface area contributed by atoms with Crippen LogP contribution in [0.15, 0.2) is 83.0 Å². The summed E-state index contributed by atoms with van der Waals surface area (Å²) in [5, 5.41) is 0.00236. The molecule has 0 saturated heterocycles. The molecule has 0 aliphatic heterocycles. The molecule has 2 aromatic carbocycles. The van der Waals surface area contributed by atoms with E-state index in [1.54, 1.807) is 30.3 Å². The van der Waals surface area contributed by atoms with Gasteiger partial charge in [-0.25, -0.2) is 18.4 Å². The van der Waals surface area contributed by atoms with Crippen LogP contribution in [0.25, 0.3) is 11.3 Å². The van der Waals surface area contributed by atoms with E-state index >= 15 is 0 Å². The van der Waals surface area contributed by atoms with Gasteiger partial charge in [-0.3, -0.25) is 0 Å². The summed E-state index contributed by atoms with van der Waals surface area (Å²) in [6, 6.07) is 19.2. The van der Waals surface area contributed by atoms with Gasteiger partial charge < -0.3 is 0 Å². The molecule has 3 rings (SSSR count). The molecule has 5 heteroatoms. The van der Waals surface area contributed by atoms with E-state index in [4.69, 9.17) is 0 Å². The van der Waals surface area contributed by atoms with Gasteiger partial charge in [0.2, 0.25) is 9.84 Å². The highest BCUT2D eigenvalue weighted by molar-refractivity contribution is 7.91. The molecular formula is C16H12N2O2S. The lowest BCUT2D eigenvalue weighted by atomic mass is 10.1. The molecule has 0 unspecified atom stereocenters. The number of aromatic nitrogens is 2. The van der Waals surface area contributed by atoms with E-state index in [0.717, 1.165) is 5.56 Å². The summed E-state index contributed by atoms with van der Waals surface area (Å²) < 4.78 is 25.1. The summed E-state index contributed by atoms with van der Waals surface area (Å²) in [7, 11) is -3.62. The van der Waals surface area contributed by atoms with Crippen molar-refractivity contribution in [2.45, 2.75) is 9.92 Å². The topological polar surface area (TPSA) is 59.9 Å². The first-order valence-electron chi connectivity index (χ1n) is 6.35. The Morgan fingerprint density at radius 2 is 1.38 bits per heavy atom. The largest absolute Gasteiger partial charge is 0.236 e. The molecule has 0 spiro atoms. The lowest BCUT2D eigenvalue weighted by Crippen LogP contribution is -2.05. The summed E-state index contributed by atoms with van der Waals surface area (Å²) in [6.45, 7) is 0. The molecule has 3 aromatic rings. The van der Waals surface area contributed by atoms with Crippen LogP contribution in [0.3, 0.4) is 0 Å². The van der Waals surface area contributed by atoms with Crippen LogP contribution in [0.2, 0.25) is 0 Å². The van der Waals surface area contributed by atoms with Gasteiger partial charge in [0.1, 0.15) is 6.33 Å². The number of nitrogens with zero attached hydrogens (tertiary/aromatic N) is 2. The van der Waals surface area contributed by atoms with E-state index in [-0.39, 0.29) is 9.92 Å². The molecule has 0 fully saturated rings. The van der Waals surface area contributed by atoms with E-state index in [2.05, 4.69) is 9.97 Å². The van der Waals surface area contributed by atoms with Gasteiger partial charge in [-0.05, 0) is 12.1 Å². The number of hydrogen-bond donors (Lipinski definition) is 0. The summed E-state index contributed by atoms with van der Waals surface area (Å²) in [5.41, 5.74) is 1.43. The fraction of sp³-hybridized carbons (Fsp3) is 0. The average molecular weight is 296 g/mol. The molecule has 0 atom stereocenters. The van der Waals surface area contributed by atoms with Crippen LogP contribution in [0.1, 0.15) is 0 Å². The van der Waals surface area contributed by atoms with E-state index in [0.29, 0.717) is 5.69 Å². The van der Waals surface area contributed by atoms with Crippen molar-refractivity contribution < 1.29 is 8.42 Å². The maximum atomic E-state index is 12.5. The molecule has 4 nitrogen and oxygen atoms in total. The lowest BCUT2D eigenvalue weighted by molar-refractivity contribution is 0.592. The van der Waals surface area contributed by atoms with E-state index < -0.39 is 9.84 Å². The van der Waals surface area contributed by atoms with Gasteiger partial charge in [0.15, 0.2) is 5.03 Å². The minimum absolute atomic E-state index is 0.00236. The third-order valence-electron chi connectivity index (χ3n) is 3.04. The first-order valence-corrected chi connectivity index (χ1v) is 7.84. The van der Waals surface area contributed by atoms with Gasteiger partial charge in [0, 0.05) is 11.6 Å². The first kappa shape index (κ1) is 13.5. The van der Waals surface area contributed by atoms with Crippen LogP contribution in [0.4, 0.5) is 0 Å². The Hall–Kier alpha value is -2.53. The minimum Gasteiger partial charge on any atom is -0.236 e. The molecule has 104 valence electrons. The molecule has 0 aliphatic rings. The SMILES string of the molecule is O=S(=O)(c1ccccc1)c1cc(-c2ccccc2)ncn1. The van der Waals surface area contributed by atoms with Crippen LogP contribution < -0.4 is 0 Å².